The highest BCUT2D eigenvalue weighted by Gasteiger charge is 2.23. The molecule has 0 aliphatic carbocycles. The molecule has 3 heterocycles. The second-order valence-electron chi connectivity index (χ2n) is 7.06. The number of nitrogens with zero attached hydrogens (tertiary/aromatic N) is 5. The van der Waals surface area contributed by atoms with Crippen LogP contribution >= 0.6 is 11.6 Å². The molecule has 0 saturated heterocycles. The van der Waals surface area contributed by atoms with Gasteiger partial charge in [-0.25, -0.2) is 0 Å². The second kappa shape index (κ2) is 8.24. The van der Waals surface area contributed by atoms with Crippen molar-refractivity contribution in [2.24, 2.45) is 0 Å². The molecule has 8 nitrogen and oxygen atoms in total. The predicted octanol–water partition coefficient (Wildman–Crippen LogP) is 4.42. The molecule has 0 N–H and O–H groups in total. The minimum absolute atomic E-state index is 0.106. The van der Waals surface area contributed by atoms with Crippen molar-refractivity contribution in [3.05, 3.63) is 89.2 Å². The minimum atomic E-state index is -0.376. The van der Waals surface area contributed by atoms with Crippen molar-refractivity contribution in [2.75, 3.05) is 7.11 Å². The number of carbonyl (C=O) groups excluding carboxylic acids is 1. The van der Waals surface area contributed by atoms with E-state index in [1.165, 1.54) is 12.4 Å². The lowest BCUT2D eigenvalue weighted by atomic mass is 10.1. The molecule has 0 aliphatic heterocycles. The molecule has 0 saturated carbocycles. The summed E-state index contributed by atoms with van der Waals surface area (Å²) >= 11 is 6.01. The number of ketones is 1. The fraction of sp³-hybridized carbons (Fsp3) is 0.0870. The molecule has 5 rings (SSSR count). The van der Waals surface area contributed by atoms with Gasteiger partial charge in [0, 0.05) is 34.2 Å². The van der Waals surface area contributed by atoms with Gasteiger partial charge in [0.15, 0.2) is 0 Å². The van der Waals surface area contributed by atoms with E-state index in [1.54, 1.807) is 19.4 Å². The van der Waals surface area contributed by atoms with Crippen LogP contribution in [0.4, 0.5) is 0 Å². The second-order valence-corrected chi connectivity index (χ2v) is 7.50. The summed E-state index contributed by atoms with van der Waals surface area (Å²) in [4.78, 5) is 17.6. The summed E-state index contributed by atoms with van der Waals surface area (Å²) in [7, 11) is 1.58. The van der Waals surface area contributed by atoms with E-state index in [4.69, 9.17) is 20.9 Å². The van der Waals surface area contributed by atoms with Crippen LogP contribution in [0, 0.1) is 0 Å². The van der Waals surface area contributed by atoms with E-state index < -0.39 is 0 Å². The van der Waals surface area contributed by atoms with E-state index in [-0.39, 0.29) is 17.5 Å². The standard InChI is InChI=1S/C23H16ClN5O3/c1-31-17-6-7-20-18(10-17)19(13-29(20)12-14-2-4-16(24)5-3-14)21(30)23-27-22(28-32-23)15-8-9-25-26-11-15/h2-11,13H,12H2,1H3. The van der Waals surface area contributed by atoms with Crippen LogP contribution in [0.15, 0.2) is 71.6 Å². The largest absolute Gasteiger partial charge is 0.497 e. The Morgan fingerprint density at radius 1 is 1.12 bits per heavy atom. The molecule has 5 aromatic rings. The van der Waals surface area contributed by atoms with Crippen LogP contribution in [0.3, 0.4) is 0 Å². The van der Waals surface area contributed by atoms with Crippen LogP contribution in [0.1, 0.15) is 21.8 Å². The smallest absolute Gasteiger partial charge is 0.299 e. The fourth-order valence-electron chi connectivity index (χ4n) is 3.47. The summed E-state index contributed by atoms with van der Waals surface area (Å²) < 4.78 is 12.6. The molecule has 158 valence electrons. The van der Waals surface area contributed by atoms with Crippen LogP contribution in [-0.2, 0) is 6.54 Å². The number of ether oxygens (including phenoxy) is 1. The number of rotatable bonds is 6. The van der Waals surface area contributed by atoms with Crippen LogP contribution in [0.25, 0.3) is 22.3 Å². The molecule has 32 heavy (non-hydrogen) atoms. The third-order valence-electron chi connectivity index (χ3n) is 5.06. The first-order valence-electron chi connectivity index (χ1n) is 9.69. The maximum absolute atomic E-state index is 13.3. The highest BCUT2D eigenvalue weighted by Crippen LogP contribution is 2.29. The van der Waals surface area contributed by atoms with Gasteiger partial charge in [-0.2, -0.15) is 15.2 Å². The Kier molecular flexibility index (Phi) is 5.12. The summed E-state index contributed by atoms with van der Waals surface area (Å²) in [5.74, 6) is 0.430. The van der Waals surface area contributed by atoms with Gasteiger partial charge in [-0.1, -0.05) is 28.9 Å². The van der Waals surface area contributed by atoms with Crippen LogP contribution in [0.2, 0.25) is 5.02 Å². The molecule has 0 bridgehead atoms. The zero-order chi connectivity index (χ0) is 22.1. The average molecular weight is 446 g/mol. The zero-order valence-electron chi connectivity index (χ0n) is 16.9. The molecular formula is C23H16ClN5O3. The molecule has 0 fully saturated rings. The SMILES string of the molecule is COc1ccc2c(c1)c(C(=O)c1nc(-c3ccnnc3)no1)cn2Cc1ccc(Cl)cc1. The normalized spacial score (nSPS) is 11.1. The Bertz CT molecular complexity index is 1410. The quantitative estimate of drug-likeness (QED) is 0.357. The van der Waals surface area contributed by atoms with E-state index in [9.17, 15) is 4.79 Å². The maximum atomic E-state index is 13.3. The molecule has 0 amide bonds. The van der Waals surface area contributed by atoms with Gasteiger partial charge in [0.1, 0.15) is 5.75 Å². The number of methoxy groups -OCH3 is 1. The van der Waals surface area contributed by atoms with Crippen molar-refractivity contribution in [2.45, 2.75) is 6.54 Å². The first-order chi connectivity index (χ1) is 15.6. The van der Waals surface area contributed by atoms with Crippen molar-refractivity contribution in [1.82, 2.24) is 24.9 Å². The van der Waals surface area contributed by atoms with E-state index >= 15 is 0 Å². The topological polar surface area (TPSA) is 95.9 Å². The lowest BCUT2D eigenvalue weighted by molar-refractivity contribution is 0.0995. The molecule has 0 unspecified atom stereocenters. The molecule has 2 aromatic carbocycles. The molecule has 0 radical (unpaired) electrons. The number of halogens is 1. The van der Waals surface area contributed by atoms with Gasteiger partial charge in [-0.05, 0) is 42.0 Å². The molecular weight excluding hydrogens is 430 g/mol. The predicted molar refractivity (Wildman–Crippen MR) is 118 cm³/mol. The monoisotopic (exact) mass is 445 g/mol. The van der Waals surface area contributed by atoms with Crippen molar-refractivity contribution in [1.29, 1.82) is 0 Å². The van der Waals surface area contributed by atoms with Crippen molar-refractivity contribution >= 4 is 28.3 Å². The number of aromatic nitrogens is 5. The van der Waals surface area contributed by atoms with Crippen molar-refractivity contribution in [3.8, 4) is 17.1 Å². The van der Waals surface area contributed by atoms with E-state index in [1.807, 2.05) is 47.0 Å². The van der Waals surface area contributed by atoms with Crippen LogP contribution < -0.4 is 4.74 Å². The summed E-state index contributed by atoms with van der Waals surface area (Å²) in [6.45, 7) is 0.561. The lowest BCUT2D eigenvalue weighted by Crippen LogP contribution is -2.02. The van der Waals surface area contributed by atoms with Gasteiger partial charge < -0.3 is 13.8 Å². The minimum Gasteiger partial charge on any atom is -0.497 e. The third-order valence-corrected chi connectivity index (χ3v) is 5.31. The maximum Gasteiger partial charge on any atom is 0.299 e. The van der Waals surface area contributed by atoms with Crippen molar-refractivity contribution < 1.29 is 14.1 Å². The number of fused-ring (bicyclic) bond motifs is 1. The Labute approximate surface area is 187 Å². The van der Waals surface area contributed by atoms with Crippen LogP contribution in [-0.4, -0.2) is 37.8 Å². The molecule has 0 spiro atoms. The Morgan fingerprint density at radius 2 is 1.97 bits per heavy atom. The van der Waals surface area contributed by atoms with Gasteiger partial charge in [0.25, 0.3) is 11.7 Å². The van der Waals surface area contributed by atoms with E-state index in [0.29, 0.717) is 28.4 Å². The average Bonchev–Trinajstić information content (AvgIpc) is 3.46. The number of benzene rings is 2. The summed E-state index contributed by atoms with van der Waals surface area (Å²) in [5.41, 5.74) is 2.97. The highest BCUT2D eigenvalue weighted by atomic mass is 35.5. The Hall–Kier alpha value is -4.04. The third kappa shape index (κ3) is 3.72. The summed E-state index contributed by atoms with van der Waals surface area (Å²) in [5, 5.41) is 12.8. The van der Waals surface area contributed by atoms with Gasteiger partial charge in [-0.3, -0.25) is 4.79 Å². The highest BCUT2D eigenvalue weighted by molar-refractivity contribution is 6.30. The Morgan fingerprint density at radius 3 is 2.72 bits per heavy atom. The number of hydrogen-bond donors (Lipinski definition) is 0. The van der Waals surface area contributed by atoms with Gasteiger partial charge >= 0.3 is 0 Å². The molecule has 9 heteroatoms. The molecule has 3 aromatic heterocycles. The van der Waals surface area contributed by atoms with E-state index in [2.05, 4.69) is 20.3 Å². The lowest BCUT2D eigenvalue weighted by Gasteiger charge is -2.06. The van der Waals surface area contributed by atoms with Crippen LogP contribution in [0.5, 0.6) is 5.75 Å². The Balaban J connectivity index is 1.56. The summed E-state index contributed by atoms with van der Waals surface area (Å²) in [6, 6.07) is 14.9. The summed E-state index contributed by atoms with van der Waals surface area (Å²) in [6.07, 6.45) is 4.81. The van der Waals surface area contributed by atoms with Crippen molar-refractivity contribution in [3.63, 3.8) is 0 Å². The molecule has 0 aliphatic rings. The molecule has 0 atom stereocenters. The van der Waals surface area contributed by atoms with Gasteiger partial charge in [0.2, 0.25) is 5.82 Å². The van der Waals surface area contributed by atoms with Gasteiger partial charge in [-0.15, -0.1) is 0 Å². The first-order valence-corrected chi connectivity index (χ1v) is 10.1. The van der Waals surface area contributed by atoms with Gasteiger partial charge in [0.05, 0.1) is 25.1 Å². The van der Waals surface area contributed by atoms with E-state index in [0.717, 1.165) is 16.5 Å². The fourth-order valence-corrected chi connectivity index (χ4v) is 3.60. The number of carbonyl (C=O) groups is 1. The number of hydrogen-bond acceptors (Lipinski definition) is 7. The zero-order valence-corrected chi connectivity index (χ0v) is 17.7. The first kappa shape index (κ1) is 19.9.